The smallest absolute Gasteiger partial charge is 0.126 e. The summed E-state index contributed by atoms with van der Waals surface area (Å²) in [7, 11) is 5.20. The Hall–Kier alpha value is -2.12. The van der Waals surface area contributed by atoms with Crippen molar-refractivity contribution in [2.24, 2.45) is 0 Å². The van der Waals surface area contributed by atoms with Crippen LogP contribution in [0.1, 0.15) is 17.2 Å². The standard InChI is InChI=1S/C21H29NO5/c1-22(12-13-23)14-18(24)15-27-21(16-4-8-19(25-2)9-5-16)17-6-10-20(26-3)11-7-17/h4-11,18,21,23-24H,12-15H2,1-3H3/p+1/t18-/m0/s1. The summed E-state index contributed by atoms with van der Waals surface area (Å²) in [5, 5.41) is 19.3. The number of aliphatic hydroxyl groups excluding tert-OH is 2. The number of benzene rings is 2. The molecule has 0 aliphatic heterocycles. The van der Waals surface area contributed by atoms with Crippen molar-refractivity contribution in [3.8, 4) is 11.5 Å². The fourth-order valence-electron chi connectivity index (χ4n) is 2.90. The molecule has 0 aliphatic rings. The van der Waals surface area contributed by atoms with Gasteiger partial charge in [0, 0.05) is 0 Å². The first kappa shape index (κ1) is 21.2. The van der Waals surface area contributed by atoms with E-state index in [0.29, 0.717) is 13.1 Å². The van der Waals surface area contributed by atoms with Crippen molar-refractivity contribution < 1.29 is 29.3 Å². The van der Waals surface area contributed by atoms with Crippen LogP contribution in [0.3, 0.4) is 0 Å². The predicted octanol–water partition coefficient (Wildman–Crippen LogP) is 0.678. The molecule has 0 bridgehead atoms. The van der Waals surface area contributed by atoms with E-state index in [1.54, 1.807) is 14.2 Å². The summed E-state index contributed by atoms with van der Waals surface area (Å²) >= 11 is 0. The molecule has 2 atom stereocenters. The van der Waals surface area contributed by atoms with Crippen LogP contribution in [0.25, 0.3) is 0 Å². The summed E-state index contributed by atoms with van der Waals surface area (Å²) in [6, 6.07) is 15.4. The van der Waals surface area contributed by atoms with Crippen LogP contribution in [0.15, 0.2) is 48.5 Å². The molecule has 0 aliphatic carbocycles. The Morgan fingerprint density at radius 3 is 1.78 bits per heavy atom. The molecule has 0 amide bonds. The Morgan fingerprint density at radius 2 is 1.37 bits per heavy atom. The quantitative estimate of drug-likeness (QED) is 0.538. The topological polar surface area (TPSA) is 72.6 Å². The summed E-state index contributed by atoms with van der Waals surface area (Å²) in [5.41, 5.74) is 1.95. The van der Waals surface area contributed by atoms with Gasteiger partial charge < -0.3 is 29.3 Å². The number of hydrogen-bond acceptors (Lipinski definition) is 5. The van der Waals surface area contributed by atoms with Crippen LogP contribution in [0.5, 0.6) is 11.5 Å². The average Bonchev–Trinajstić information content (AvgIpc) is 2.69. The second-order valence-corrected chi connectivity index (χ2v) is 6.55. The van der Waals surface area contributed by atoms with E-state index in [2.05, 4.69) is 0 Å². The SMILES string of the molecule is COc1ccc(C(OC[C@@H](O)C[NH+](C)CCO)c2ccc(OC)cc2)cc1. The average molecular weight is 376 g/mol. The van der Waals surface area contributed by atoms with Gasteiger partial charge in [0.2, 0.25) is 0 Å². The van der Waals surface area contributed by atoms with Gasteiger partial charge in [0.25, 0.3) is 0 Å². The van der Waals surface area contributed by atoms with E-state index in [4.69, 9.17) is 19.3 Å². The van der Waals surface area contributed by atoms with Crippen molar-refractivity contribution in [3.63, 3.8) is 0 Å². The molecule has 148 valence electrons. The Kier molecular flexibility index (Phi) is 8.54. The molecule has 6 nitrogen and oxygen atoms in total. The molecule has 0 fully saturated rings. The first-order valence-electron chi connectivity index (χ1n) is 9.07. The van der Waals surface area contributed by atoms with Crippen molar-refractivity contribution in [1.29, 1.82) is 0 Å². The van der Waals surface area contributed by atoms with Crippen molar-refractivity contribution in [2.45, 2.75) is 12.2 Å². The fraction of sp³-hybridized carbons (Fsp3) is 0.429. The van der Waals surface area contributed by atoms with E-state index in [1.807, 2.05) is 55.6 Å². The van der Waals surface area contributed by atoms with Crippen molar-refractivity contribution in [2.75, 3.05) is 47.6 Å². The van der Waals surface area contributed by atoms with Crippen molar-refractivity contribution in [3.05, 3.63) is 59.7 Å². The first-order chi connectivity index (χ1) is 13.1. The number of methoxy groups -OCH3 is 2. The molecule has 0 aromatic heterocycles. The highest BCUT2D eigenvalue weighted by atomic mass is 16.5. The number of hydrogen-bond donors (Lipinski definition) is 3. The molecule has 27 heavy (non-hydrogen) atoms. The van der Waals surface area contributed by atoms with Gasteiger partial charge in [-0.2, -0.15) is 0 Å². The van der Waals surface area contributed by atoms with Gasteiger partial charge in [-0.1, -0.05) is 24.3 Å². The summed E-state index contributed by atoms with van der Waals surface area (Å²) in [4.78, 5) is 1.05. The largest absolute Gasteiger partial charge is 0.497 e. The lowest BCUT2D eigenvalue weighted by Gasteiger charge is -2.22. The van der Waals surface area contributed by atoms with Gasteiger partial charge in [0.05, 0.1) is 34.5 Å². The third-order valence-corrected chi connectivity index (χ3v) is 4.42. The first-order valence-corrected chi connectivity index (χ1v) is 9.07. The van der Waals surface area contributed by atoms with Gasteiger partial charge in [-0.05, 0) is 35.4 Å². The number of aliphatic hydroxyl groups is 2. The van der Waals surface area contributed by atoms with Crippen LogP contribution in [0.4, 0.5) is 0 Å². The number of nitrogens with one attached hydrogen (secondary N) is 1. The zero-order valence-corrected chi connectivity index (χ0v) is 16.2. The third-order valence-electron chi connectivity index (χ3n) is 4.42. The van der Waals surface area contributed by atoms with Crippen LogP contribution in [-0.4, -0.2) is 63.9 Å². The lowest BCUT2D eigenvalue weighted by molar-refractivity contribution is -0.883. The molecule has 2 aromatic rings. The highest BCUT2D eigenvalue weighted by molar-refractivity contribution is 5.36. The van der Waals surface area contributed by atoms with E-state index in [-0.39, 0.29) is 19.3 Å². The maximum Gasteiger partial charge on any atom is 0.126 e. The minimum atomic E-state index is -0.615. The Balaban J connectivity index is 2.13. The highest BCUT2D eigenvalue weighted by Gasteiger charge is 2.19. The van der Waals surface area contributed by atoms with Gasteiger partial charge in [0.15, 0.2) is 0 Å². The van der Waals surface area contributed by atoms with Gasteiger partial charge in [-0.15, -0.1) is 0 Å². The van der Waals surface area contributed by atoms with Crippen LogP contribution in [0, 0.1) is 0 Å². The van der Waals surface area contributed by atoms with Gasteiger partial charge in [-0.3, -0.25) is 0 Å². The molecule has 0 heterocycles. The second-order valence-electron chi connectivity index (χ2n) is 6.55. The molecule has 0 radical (unpaired) electrons. The fourth-order valence-corrected chi connectivity index (χ4v) is 2.90. The Labute approximate surface area is 160 Å². The molecule has 0 spiro atoms. The minimum Gasteiger partial charge on any atom is -0.497 e. The molecular formula is C21H30NO5+. The molecular weight excluding hydrogens is 346 g/mol. The van der Waals surface area contributed by atoms with Gasteiger partial charge in [0.1, 0.15) is 36.8 Å². The van der Waals surface area contributed by atoms with Crippen LogP contribution in [0.2, 0.25) is 0 Å². The molecule has 2 rings (SSSR count). The third kappa shape index (κ3) is 6.52. The maximum absolute atomic E-state index is 10.3. The van der Waals surface area contributed by atoms with Crippen LogP contribution >= 0.6 is 0 Å². The Bertz CT molecular complexity index is 612. The van der Waals surface area contributed by atoms with Crippen molar-refractivity contribution in [1.82, 2.24) is 0 Å². The predicted molar refractivity (Wildman–Crippen MR) is 103 cm³/mol. The Morgan fingerprint density at radius 1 is 0.889 bits per heavy atom. The van der Waals surface area contributed by atoms with E-state index >= 15 is 0 Å². The summed E-state index contributed by atoms with van der Waals surface area (Å²) in [6.07, 6.45) is -0.926. The lowest BCUT2D eigenvalue weighted by Crippen LogP contribution is -3.10. The normalized spacial score (nSPS) is 13.4. The van der Waals surface area contributed by atoms with Crippen LogP contribution < -0.4 is 14.4 Å². The van der Waals surface area contributed by atoms with Crippen LogP contribution in [-0.2, 0) is 4.74 Å². The summed E-state index contributed by atoms with van der Waals surface area (Å²) < 4.78 is 16.6. The molecule has 0 saturated heterocycles. The maximum atomic E-state index is 10.3. The number of quaternary nitrogens is 1. The zero-order valence-electron chi connectivity index (χ0n) is 16.2. The minimum absolute atomic E-state index is 0.0970. The monoisotopic (exact) mass is 376 g/mol. The van der Waals surface area contributed by atoms with E-state index in [0.717, 1.165) is 27.5 Å². The van der Waals surface area contributed by atoms with Gasteiger partial charge in [-0.25, -0.2) is 0 Å². The molecule has 0 saturated carbocycles. The molecule has 3 N–H and O–H groups in total. The van der Waals surface area contributed by atoms with E-state index in [1.165, 1.54) is 0 Å². The molecule has 6 heteroatoms. The van der Waals surface area contributed by atoms with E-state index < -0.39 is 6.10 Å². The molecule has 1 unspecified atom stereocenters. The number of rotatable bonds is 11. The van der Waals surface area contributed by atoms with E-state index in [9.17, 15) is 5.11 Å². The van der Waals surface area contributed by atoms with Crippen molar-refractivity contribution >= 4 is 0 Å². The number of likely N-dealkylation sites (N-methyl/N-ethyl adjacent to an activating group) is 1. The number of ether oxygens (including phenoxy) is 3. The summed E-state index contributed by atoms with van der Waals surface area (Å²) in [5.74, 6) is 1.56. The lowest BCUT2D eigenvalue weighted by atomic mass is 10.0. The highest BCUT2D eigenvalue weighted by Crippen LogP contribution is 2.29. The van der Waals surface area contributed by atoms with Gasteiger partial charge >= 0.3 is 0 Å². The second kappa shape index (κ2) is 10.9. The zero-order chi connectivity index (χ0) is 19.6. The molecule has 2 aromatic carbocycles. The summed E-state index contributed by atoms with van der Waals surface area (Å²) in [6.45, 7) is 1.40.